The first-order valence-corrected chi connectivity index (χ1v) is 12.3. The quantitative estimate of drug-likeness (QED) is 0.339. The second-order valence-corrected chi connectivity index (χ2v) is 9.09. The number of carbonyl (C=O) groups excluding carboxylic acids is 2. The summed E-state index contributed by atoms with van der Waals surface area (Å²) < 4.78 is 1.54. The van der Waals surface area contributed by atoms with Crippen molar-refractivity contribution in [1.29, 1.82) is 0 Å². The summed E-state index contributed by atoms with van der Waals surface area (Å²) in [5.41, 5.74) is 3.17. The van der Waals surface area contributed by atoms with Crippen molar-refractivity contribution in [2.75, 3.05) is 4.90 Å². The number of aryl methyl sites for hydroxylation is 1. The summed E-state index contributed by atoms with van der Waals surface area (Å²) in [7, 11) is 0. The highest BCUT2D eigenvalue weighted by Crippen LogP contribution is 2.33. The maximum Gasteiger partial charge on any atom is 0.279 e. The van der Waals surface area contributed by atoms with Crippen LogP contribution in [0.1, 0.15) is 32.5 Å². The minimum Gasteiger partial charge on any atom is -0.350 e. The van der Waals surface area contributed by atoms with Crippen molar-refractivity contribution in [2.45, 2.75) is 19.5 Å². The van der Waals surface area contributed by atoms with E-state index in [-0.39, 0.29) is 11.6 Å². The number of tetrazole rings is 1. The van der Waals surface area contributed by atoms with Crippen molar-refractivity contribution < 1.29 is 9.59 Å². The molecule has 0 aliphatic rings. The van der Waals surface area contributed by atoms with Gasteiger partial charge < -0.3 is 5.32 Å². The van der Waals surface area contributed by atoms with Gasteiger partial charge >= 0.3 is 0 Å². The number of carbonyl (C=O) groups is 2. The molecule has 0 bridgehead atoms. The molecule has 0 saturated heterocycles. The fraction of sp³-hybridized carbons (Fsp3) is 0.115. The van der Waals surface area contributed by atoms with Gasteiger partial charge in [-0.05, 0) is 58.1 Å². The van der Waals surface area contributed by atoms with E-state index in [1.165, 1.54) is 45.8 Å². The Balaban J connectivity index is 1.57. The summed E-state index contributed by atoms with van der Waals surface area (Å²) in [6.07, 6.45) is 5.84. The van der Waals surface area contributed by atoms with Gasteiger partial charge in [0.05, 0.1) is 11.9 Å². The lowest BCUT2D eigenvalue weighted by atomic mass is 10.1. The van der Waals surface area contributed by atoms with Crippen LogP contribution in [-0.4, -0.2) is 42.0 Å². The molecule has 1 N–H and O–H groups in total. The molecule has 184 valence electrons. The molecule has 37 heavy (non-hydrogen) atoms. The molecule has 0 aliphatic carbocycles. The second kappa shape index (κ2) is 10.9. The van der Waals surface area contributed by atoms with Crippen LogP contribution in [0.25, 0.3) is 5.69 Å². The number of thiophene rings is 1. The van der Waals surface area contributed by atoms with Crippen LogP contribution in [0.15, 0.2) is 91.0 Å². The number of hydrogen-bond donors (Lipinski definition) is 1. The number of amides is 2. The number of hydrogen-bond acceptors (Lipinski definition) is 8. The van der Waals surface area contributed by atoms with E-state index in [0.717, 1.165) is 16.8 Å². The molecule has 11 heteroatoms. The predicted molar refractivity (Wildman–Crippen MR) is 138 cm³/mol. The van der Waals surface area contributed by atoms with Crippen LogP contribution in [0.4, 0.5) is 5.69 Å². The Labute approximate surface area is 216 Å². The van der Waals surface area contributed by atoms with E-state index in [1.807, 2.05) is 66.9 Å². The highest BCUT2D eigenvalue weighted by atomic mass is 32.1. The normalized spacial score (nSPS) is 11.6. The smallest absolute Gasteiger partial charge is 0.279 e. The van der Waals surface area contributed by atoms with Crippen molar-refractivity contribution >= 4 is 28.8 Å². The van der Waals surface area contributed by atoms with E-state index >= 15 is 0 Å². The van der Waals surface area contributed by atoms with Gasteiger partial charge in [0.1, 0.15) is 12.0 Å². The van der Waals surface area contributed by atoms with E-state index in [4.69, 9.17) is 0 Å². The van der Waals surface area contributed by atoms with E-state index in [2.05, 4.69) is 30.8 Å². The molecule has 1 atom stereocenters. The minimum atomic E-state index is -0.934. The molecular weight excluding hydrogens is 488 g/mol. The third kappa shape index (κ3) is 5.26. The molecular formula is C26H22N8O2S. The van der Waals surface area contributed by atoms with Gasteiger partial charge in [-0.25, -0.2) is 9.67 Å². The first-order chi connectivity index (χ1) is 18.1. The number of nitrogens with zero attached hydrogens (tertiary/aromatic N) is 7. The number of nitrogens with one attached hydrogen (secondary N) is 1. The molecule has 2 aromatic carbocycles. The Morgan fingerprint density at radius 1 is 1.08 bits per heavy atom. The molecule has 0 aliphatic heterocycles. The monoisotopic (exact) mass is 510 g/mol. The van der Waals surface area contributed by atoms with Crippen LogP contribution in [0, 0.1) is 6.92 Å². The highest BCUT2D eigenvalue weighted by molar-refractivity contribution is 7.10. The Bertz CT molecular complexity index is 1480. The van der Waals surface area contributed by atoms with E-state index < -0.39 is 11.9 Å². The summed E-state index contributed by atoms with van der Waals surface area (Å²) in [5, 5.41) is 16.2. The molecule has 0 fully saturated rings. The van der Waals surface area contributed by atoms with E-state index in [9.17, 15) is 9.59 Å². The van der Waals surface area contributed by atoms with E-state index in [0.29, 0.717) is 17.1 Å². The lowest BCUT2D eigenvalue weighted by Crippen LogP contribution is -2.44. The molecule has 10 nitrogen and oxygen atoms in total. The van der Waals surface area contributed by atoms with Gasteiger partial charge in [-0.2, -0.15) is 0 Å². The number of aromatic nitrogens is 6. The maximum atomic E-state index is 13.9. The van der Waals surface area contributed by atoms with Crippen LogP contribution < -0.4 is 10.2 Å². The zero-order valence-electron chi connectivity index (χ0n) is 19.8. The van der Waals surface area contributed by atoms with Crippen molar-refractivity contribution in [2.24, 2.45) is 0 Å². The van der Waals surface area contributed by atoms with Crippen molar-refractivity contribution in [1.82, 2.24) is 35.5 Å². The van der Waals surface area contributed by atoms with Gasteiger partial charge in [-0.1, -0.05) is 36.4 Å². The Morgan fingerprint density at radius 2 is 1.95 bits per heavy atom. The first-order valence-electron chi connectivity index (χ1n) is 11.4. The van der Waals surface area contributed by atoms with E-state index in [1.54, 1.807) is 6.07 Å². The predicted octanol–water partition coefficient (Wildman–Crippen LogP) is 3.53. The first kappa shape index (κ1) is 23.9. The molecule has 0 saturated carbocycles. The fourth-order valence-electron chi connectivity index (χ4n) is 3.94. The molecule has 2 amide bonds. The lowest BCUT2D eigenvalue weighted by Gasteiger charge is -2.30. The zero-order chi connectivity index (χ0) is 25.6. The maximum absolute atomic E-state index is 13.9. The van der Waals surface area contributed by atoms with Crippen LogP contribution in [0.5, 0.6) is 0 Å². The molecule has 0 spiro atoms. The summed E-state index contributed by atoms with van der Waals surface area (Å²) in [5.74, 6) is -0.762. The molecule has 5 aromatic rings. The molecule has 5 rings (SSSR count). The molecule has 3 aromatic heterocycles. The Hall–Kier alpha value is -4.77. The van der Waals surface area contributed by atoms with Crippen molar-refractivity contribution in [3.63, 3.8) is 0 Å². The fourth-order valence-corrected chi connectivity index (χ4v) is 4.75. The molecule has 0 unspecified atom stereocenters. The largest absolute Gasteiger partial charge is 0.350 e. The SMILES string of the molecule is Cc1cc(N(C(=O)c2cnccn2)[C@H](C(=O)NCc2ccccc2)c2cccs2)ccc1-n1cnnn1. The third-order valence-electron chi connectivity index (χ3n) is 5.68. The van der Waals surface area contributed by atoms with Crippen LogP contribution in [0.3, 0.4) is 0 Å². The summed E-state index contributed by atoms with van der Waals surface area (Å²) in [4.78, 5) is 38.1. The summed E-state index contributed by atoms with van der Waals surface area (Å²) in [6.45, 7) is 2.22. The Morgan fingerprint density at radius 3 is 2.62 bits per heavy atom. The molecule has 3 heterocycles. The zero-order valence-corrected chi connectivity index (χ0v) is 20.6. The second-order valence-electron chi connectivity index (χ2n) is 8.11. The number of benzene rings is 2. The highest BCUT2D eigenvalue weighted by Gasteiger charge is 2.35. The van der Waals surface area contributed by atoms with Gasteiger partial charge in [0.25, 0.3) is 5.91 Å². The Kier molecular flexibility index (Phi) is 7.04. The third-order valence-corrected chi connectivity index (χ3v) is 6.61. The average molecular weight is 511 g/mol. The summed E-state index contributed by atoms with van der Waals surface area (Å²) >= 11 is 1.40. The van der Waals surface area contributed by atoms with Gasteiger partial charge in [-0.3, -0.25) is 19.5 Å². The molecule has 0 radical (unpaired) electrons. The average Bonchev–Trinajstić information content (AvgIpc) is 3.66. The van der Waals surface area contributed by atoms with Crippen LogP contribution in [0.2, 0.25) is 0 Å². The summed E-state index contributed by atoms with van der Waals surface area (Å²) in [6, 6.07) is 17.8. The van der Waals surface area contributed by atoms with Crippen molar-refractivity contribution in [3.8, 4) is 5.69 Å². The minimum absolute atomic E-state index is 0.127. The van der Waals surface area contributed by atoms with Crippen LogP contribution in [-0.2, 0) is 11.3 Å². The lowest BCUT2D eigenvalue weighted by molar-refractivity contribution is -0.122. The standard InChI is InChI=1S/C26H22N8O2S/c1-18-14-20(9-10-22(18)33-17-30-31-32-33)34(26(36)21-16-27-11-12-28-21)24(23-8-5-13-37-23)25(35)29-15-19-6-3-2-4-7-19/h2-14,16-17,24H,15H2,1H3,(H,29,35)/t24-/m0/s1. The van der Waals surface area contributed by atoms with Crippen molar-refractivity contribution in [3.05, 3.63) is 113 Å². The van der Waals surface area contributed by atoms with Gasteiger partial charge in [-0.15, -0.1) is 16.4 Å². The number of anilines is 1. The van der Waals surface area contributed by atoms with Gasteiger partial charge in [0.2, 0.25) is 5.91 Å². The van der Waals surface area contributed by atoms with Gasteiger partial charge in [0.15, 0.2) is 6.04 Å². The number of rotatable bonds is 8. The van der Waals surface area contributed by atoms with Crippen LogP contribution >= 0.6 is 11.3 Å². The topological polar surface area (TPSA) is 119 Å². The van der Waals surface area contributed by atoms with Gasteiger partial charge in [0, 0.05) is 29.5 Å².